The van der Waals surface area contributed by atoms with Crippen LogP contribution in [0.2, 0.25) is 5.02 Å². The highest BCUT2D eigenvalue weighted by molar-refractivity contribution is 8.00. The zero-order chi connectivity index (χ0) is 9.47. The summed E-state index contributed by atoms with van der Waals surface area (Å²) in [5.41, 5.74) is 5.48. The Kier molecular flexibility index (Phi) is 2.14. The van der Waals surface area contributed by atoms with E-state index in [4.69, 9.17) is 17.3 Å². The van der Waals surface area contributed by atoms with Gasteiger partial charge in [-0.1, -0.05) is 11.6 Å². The molecule has 13 heavy (non-hydrogen) atoms. The van der Waals surface area contributed by atoms with Crippen molar-refractivity contribution >= 4 is 29.2 Å². The largest absolute Gasteiger partial charge is 0.383 e. The number of thioether (sulfide) groups is 1. The van der Waals surface area contributed by atoms with Crippen molar-refractivity contribution in [2.75, 3.05) is 17.2 Å². The van der Waals surface area contributed by atoms with E-state index >= 15 is 0 Å². The van der Waals surface area contributed by atoms with Gasteiger partial charge in [0.2, 0.25) is 0 Å². The van der Waals surface area contributed by atoms with Crippen molar-refractivity contribution in [2.24, 2.45) is 0 Å². The summed E-state index contributed by atoms with van der Waals surface area (Å²) >= 11 is 7.44. The molecule has 0 atom stereocenters. The van der Waals surface area contributed by atoms with E-state index in [-0.39, 0.29) is 0 Å². The fraction of sp³-hybridized carbons (Fsp3) is 0.375. The number of rotatable bonds is 1. The number of nitrogens with zero attached hydrogens (tertiary/aromatic N) is 1. The number of nitrogen functional groups attached to an aromatic ring is 1. The summed E-state index contributed by atoms with van der Waals surface area (Å²) in [7, 11) is 0. The van der Waals surface area contributed by atoms with E-state index < -0.39 is 5.60 Å². The van der Waals surface area contributed by atoms with Crippen molar-refractivity contribution < 1.29 is 5.11 Å². The molecule has 0 aliphatic carbocycles. The molecular formula is C8H9ClN2OS. The molecule has 0 saturated carbocycles. The minimum atomic E-state index is -0.813. The van der Waals surface area contributed by atoms with Crippen LogP contribution in [0.4, 0.5) is 5.82 Å². The molecule has 1 aromatic heterocycles. The number of hydrogen-bond acceptors (Lipinski definition) is 4. The van der Waals surface area contributed by atoms with E-state index in [0.717, 1.165) is 0 Å². The minimum Gasteiger partial charge on any atom is -0.383 e. The van der Waals surface area contributed by atoms with Gasteiger partial charge in [0, 0.05) is 23.3 Å². The topological polar surface area (TPSA) is 59.1 Å². The zero-order valence-corrected chi connectivity index (χ0v) is 8.40. The van der Waals surface area contributed by atoms with Crippen LogP contribution in [0.15, 0.2) is 12.3 Å². The van der Waals surface area contributed by atoms with E-state index in [9.17, 15) is 5.11 Å². The third-order valence-electron chi connectivity index (χ3n) is 2.07. The lowest BCUT2D eigenvalue weighted by Crippen LogP contribution is -2.40. The van der Waals surface area contributed by atoms with E-state index in [1.54, 1.807) is 17.8 Å². The summed E-state index contributed by atoms with van der Waals surface area (Å²) in [6.07, 6.45) is 1.48. The van der Waals surface area contributed by atoms with Gasteiger partial charge in [-0.3, -0.25) is 0 Å². The average Bonchev–Trinajstić information content (AvgIpc) is 2.05. The van der Waals surface area contributed by atoms with Gasteiger partial charge in [-0.25, -0.2) is 4.98 Å². The van der Waals surface area contributed by atoms with E-state index in [2.05, 4.69) is 4.98 Å². The molecule has 0 unspecified atom stereocenters. The molecule has 0 radical (unpaired) electrons. The summed E-state index contributed by atoms with van der Waals surface area (Å²) in [5.74, 6) is 1.70. The van der Waals surface area contributed by atoms with Gasteiger partial charge >= 0.3 is 0 Å². The van der Waals surface area contributed by atoms with E-state index in [1.165, 1.54) is 6.20 Å². The second kappa shape index (κ2) is 3.04. The molecule has 1 aliphatic rings. The van der Waals surface area contributed by atoms with Crippen LogP contribution in [0.25, 0.3) is 0 Å². The highest BCUT2D eigenvalue weighted by Crippen LogP contribution is 2.40. The van der Waals surface area contributed by atoms with Gasteiger partial charge in [-0.15, -0.1) is 0 Å². The highest BCUT2D eigenvalue weighted by atomic mass is 35.5. The Bertz CT molecular complexity index is 341. The first-order valence-electron chi connectivity index (χ1n) is 3.83. The Morgan fingerprint density at radius 2 is 2.31 bits per heavy atom. The van der Waals surface area contributed by atoms with Gasteiger partial charge in [0.25, 0.3) is 0 Å². The summed E-state index contributed by atoms with van der Waals surface area (Å²) in [6, 6.07) is 1.68. The van der Waals surface area contributed by atoms with Gasteiger partial charge in [0.05, 0.1) is 5.02 Å². The predicted octanol–water partition coefficient (Wildman–Crippen LogP) is 1.25. The first kappa shape index (κ1) is 9.12. The number of hydrogen-bond donors (Lipinski definition) is 2. The molecule has 0 bridgehead atoms. The van der Waals surface area contributed by atoms with Crippen LogP contribution in [0.5, 0.6) is 0 Å². The highest BCUT2D eigenvalue weighted by Gasteiger charge is 2.39. The Labute approximate surface area is 85.3 Å². The lowest BCUT2D eigenvalue weighted by Gasteiger charge is -2.36. The smallest absolute Gasteiger partial charge is 0.129 e. The molecule has 0 aromatic carbocycles. The second-order valence-electron chi connectivity index (χ2n) is 3.11. The minimum absolute atomic E-state index is 0.368. The molecule has 2 heterocycles. The second-order valence-corrected chi connectivity index (χ2v) is 4.53. The maximum absolute atomic E-state index is 9.99. The van der Waals surface area contributed by atoms with Gasteiger partial charge in [-0.2, -0.15) is 11.8 Å². The average molecular weight is 217 g/mol. The van der Waals surface area contributed by atoms with Crippen molar-refractivity contribution in [1.29, 1.82) is 0 Å². The summed E-state index contributed by atoms with van der Waals surface area (Å²) < 4.78 is 0. The number of aliphatic hydroxyl groups is 1. The van der Waals surface area contributed by atoms with Crippen LogP contribution >= 0.6 is 23.4 Å². The SMILES string of the molecule is Nc1ncc(Cl)cc1C1(O)CSC1. The van der Waals surface area contributed by atoms with E-state index in [0.29, 0.717) is 27.9 Å². The normalized spacial score (nSPS) is 19.5. The van der Waals surface area contributed by atoms with Crippen molar-refractivity contribution in [3.8, 4) is 0 Å². The van der Waals surface area contributed by atoms with Crippen LogP contribution in [-0.4, -0.2) is 21.6 Å². The number of aromatic nitrogens is 1. The van der Waals surface area contributed by atoms with Crippen LogP contribution in [-0.2, 0) is 5.60 Å². The Morgan fingerprint density at radius 1 is 1.62 bits per heavy atom. The number of halogens is 1. The third-order valence-corrected chi connectivity index (χ3v) is 3.64. The molecule has 70 valence electrons. The Hall–Kier alpha value is -0.450. The van der Waals surface area contributed by atoms with Crippen LogP contribution in [0, 0.1) is 0 Å². The van der Waals surface area contributed by atoms with Crippen molar-refractivity contribution in [2.45, 2.75) is 5.60 Å². The molecule has 3 nitrogen and oxygen atoms in total. The maximum atomic E-state index is 9.99. The molecule has 1 aromatic rings. The molecular weight excluding hydrogens is 208 g/mol. The van der Waals surface area contributed by atoms with Crippen LogP contribution < -0.4 is 5.73 Å². The number of nitrogens with two attached hydrogens (primary N) is 1. The molecule has 3 N–H and O–H groups in total. The fourth-order valence-corrected chi connectivity index (χ4v) is 2.33. The maximum Gasteiger partial charge on any atom is 0.129 e. The van der Waals surface area contributed by atoms with Crippen LogP contribution in [0.1, 0.15) is 5.56 Å². The van der Waals surface area contributed by atoms with Crippen molar-refractivity contribution in [1.82, 2.24) is 4.98 Å². The van der Waals surface area contributed by atoms with Gasteiger partial charge in [0.1, 0.15) is 11.4 Å². The lowest BCUT2D eigenvalue weighted by molar-refractivity contribution is 0.0774. The Morgan fingerprint density at radius 3 is 2.85 bits per heavy atom. The monoisotopic (exact) mass is 216 g/mol. The standard InChI is InChI=1S/C8H9ClN2OS/c9-5-1-6(7(10)11-2-5)8(12)3-13-4-8/h1-2,12H,3-4H2,(H2,10,11). The molecule has 0 amide bonds. The summed E-state index contributed by atoms with van der Waals surface area (Å²) in [5, 5.41) is 10.5. The molecule has 2 rings (SSSR count). The fourth-order valence-electron chi connectivity index (χ4n) is 1.27. The van der Waals surface area contributed by atoms with Gasteiger partial charge in [0.15, 0.2) is 0 Å². The quantitative estimate of drug-likeness (QED) is 0.742. The molecule has 0 spiro atoms. The third kappa shape index (κ3) is 1.49. The number of anilines is 1. The molecule has 1 saturated heterocycles. The Balaban J connectivity index is 2.43. The summed E-state index contributed by atoms with van der Waals surface area (Å²) in [4.78, 5) is 3.90. The number of pyridine rings is 1. The van der Waals surface area contributed by atoms with E-state index in [1.807, 2.05) is 0 Å². The molecule has 1 fully saturated rings. The van der Waals surface area contributed by atoms with Crippen LogP contribution in [0.3, 0.4) is 0 Å². The summed E-state index contributed by atoms with van der Waals surface area (Å²) in [6.45, 7) is 0. The first-order chi connectivity index (χ1) is 6.12. The van der Waals surface area contributed by atoms with Crippen molar-refractivity contribution in [3.63, 3.8) is 0 Å². The molecule has 1 aliphatic heterocycles. The van der Waals surface area contributed by atoms with Gasteiger partial charge in [-0.05, 0) is 6.07 Å². The predicted molar refractivity (Wildman–Crippen MR) is 54.9 cm³/mol. The first-order valence-corrected chi connectivity index (χ1v) is 5.37. The lowest BCUT2D eigenvalue weighted by atomic mass is 9.98. The zero-order valence-electron chi connectivity index (χ0n) is 6.83. The molecule has 5 heteroatoms. The van der Waals surface area contributed by atoms with Crippen molar-refractivity contribution in [3.05, 3.63) is 22.8 Å². The van der Waals surface area contributed by atoms with Gasteiger partial charge < -0.3 is 10.8 Å².